The predicted octanol–water partition coefficient (Wildman–Crippen LogP) is 2.94. The van der Waals surface area contributed by atoms with Crippen LogP contribution >= 0.6 is 11.6 Å². The molecule has 1 N–H and O–H groups in total. The molecular formula is C14H13ClN2O2. The minimum Gasteiger partial charge on any atom is -0.480 e. The van der Waals surface area contributed by atoms with Crippen molar-refractivity contribution < 1.29 is 9.90 Å². The van der Waals surface area contributed by atoms with Gasteiger partial charge in [-0.25, -0.2) is 4.79 Å². The number of hydrogen-bond donors (Lipinski definition) is 1. The number of rotatable bonds is 2. The van der Waals surface area contributed by atoms with Crippen LogP contribution in [-0.2, 0) is 4.79 Å². The van der Waals surface area contributed by atoms with E-state index in [1.165, 1.54) is 0 Å². The molecule has 1 fully saturated rings. The van der Waals surface area contributed by atoms with Gasteiger partial charge >= 0.3 is 5.97 Å². The number of carboxylic acids is 1. The summed E-state index contributed by atoms with van der Waals surface area (Å²) in [4.78, 5) is 17.5. The van der Waals surface area contributed by atoms with Crippen molar-refractivity contribution in [3.8, 4) is 0 Å². The van der Waals surface area contributed by atoms with E-state index in [4.69, 9.17) is 11.6 Å². The molecule has 19 heavy (non-hydrogen) atoms. The monoisotopic (exact) mass is 276 g/mol. The maximum atomic E-state index is 11.3. The summed E-state index contributed by atoms with van der Waals surface area (Å²) in [6, 6.07) is 6.93. The minimum absolute atomic E-state index is 0.443. The standard InChI is InChI=1S/C14H13ClN2O2/c15-9-3-4-10-11(8-9)16-6-5-12(10)17-7-1-2-13(17)14(18)19/h3-6,8,13H,1-2,7H2,(H,18,19). The van der Waals surface area contributed by atoms with Gasteiger partial charge in [0.1, 0.15) is 6.04 Å². The summed E-state index contributed by atoms with van der Waals surface area (Å²) in [6.45, 7) is 0.763. The number of anilines is 1. The molecule has 4 nitrogen and oxygen atoms in total. The van der Waals surface area contributed by atoms with E-state index in [9.17, 15) is 9.90 Å². The molecule has 2 heterocycles. The Morgan fingerprint density at radius 3 is 3.05 bits per heavy atom. The summed E-state index contributed by atoms with van der Waals surface area (Å²) in [6.07, 6.45) is 3.28. The summed E-state index contributed by atoms with van der Waals surface area (Å²) in [7, 11) is 0. The molecule has 5 heteroatoms. The van der Waals surface area contributed by atoms with Crippen LogP contribution in [-0.4, -0.2) is 28.6 Å². The molecule has 1 aliphatic rings. The second kappa shape index (κ2) is 4.70. The molecule has 1 aromatic heterocycles. The number of nitrogens with zero attached hydrogens (tertiary/aromatic N) is 2. The number of benzene rings is 1. The molecular weight excluding hydrogens is 264 g/mol. The van der Waals surface area contributed by atoms with Crippen molar-refractivity contribution in [3.05, 3.63) is 35.5 Å². The van der Waals surface area contributed by atoms with Gasteiger partial charge in [-0.2, -0.15) is 0 Å². The van der Waals surface area contributed by atoms with Gasteiger partial charge in [-0.05, 0) is 37.1 Å². The lowest BCUT2D eigenvalue weighted by molar-refractivity contribution is -0.138. The van der Waals surface area contributed by atoms with E-state index >= 15 is 0 Å². The third-order valence-electron chi connectivity index (χ3n) is 3.53. The first-order valence-electron chi connectivity index (χ1n) is 6.20. The van der Waals surface area contributed by atoms with E-state index in [1.54, 1.807) is 18.3 Å². The molecule has 2 aromatic rings. The number of aliphatic carboxylic acids is 1. The topological polar surface area (TPSA) is 53.4 Å². The maximum absolute atomic E-state index is 11.3. The van der Waals surface area contributed by atoms with Crippen molar-refractivity contribution in [2.24, 2.45) is 0 Å². The fourth-order valence-electron chi connectivity index (χ4n) is 2.67. The van der Waals surface area contributed by atoms with Crippen LogP contribution in [0.1, 0.15) is 12.8 Å². The molecule has 1 atom stereocenters. The Kier molecular flexibility index (Phi) is 3.03. The highest BCUT2D eigenvalue weighted by Gasteiger charge is 2.31. The third-order valence-corrected chi connectivity index (χ3v) is 3.76. The summed E-state index contributed by atoms with van der Waals surface area (Å²) >= 11 is 5.96. The fraction of sp³-hybridized carbons (Fsp3) is 0.286. The van der Waals surface area contributed by atoms with Crippen LogP contribution < -0.4 is 4.90 Å². The van der Waals surface area contributed by atoms with Gasteiger partial charge in [0.05, 0.1) is 5.52 Å². The van der Waals surface area contributed by atoms with Crippen LogP contribution in [0.2, 0.25) is 5.02 Å². The molecule has 0 bridgehead atoms. The molecule has 98 valence electrons. The van der Waals surface area contributed by atoms with Crippen LogP contribution in [0.15, 0.2) is 30.5 Å². The molecule has 1 aliphatic heterocycles. The van der Waals surface area contributed by atoms with E-state index in [2.05, 4.69) is 4.98 Å². The number of carboxylic acid groups (broad SMARTS) is 1. The molecule has 1 aromatic carbocycles. The lowest BCUT2D eigenvalue weighted by Gasteiger charge is -2.24. The van der Waals surface area contributed by atoms with Crippen LogP contribution in [0.4, 0.5) is 5.69 Å². The number of carbonyl (C=O) groups is 1. The zero-order chi connectivity index (χ0) is 13.4. The van der Waals surface area contributed by atoms with E-state index in [0.29, 0.717) is 11.4 Å². The maximum Gasteiger partial charge on any atom is 0.326 e. The number of hydrogen-bond acceptors (Lipinski definition) is 3. The first-order valence-corrected chi connectivity index (χ1v) is 6.58. The Labute approximate surface area is 115 Å². The Hall–Kier alpha value is -1.81. The summed E-state index contributed by atoms with van der Waals surface area (Å²) < 4.78 is 0. The van der Waals surface area contributed by atoms with E-state index < -0.39 is 12.0 Å². The zero-order valence-corrected chi connectivity index (χ0v) is 11.0. The lowest BCUT2D eigenvalue weighted by atomic mass is 10.1. The first-order chi connectivity index (χ1) is 9.16. The second-order valence-corrected chi connectivity index (χ2v) is 5.12. The predicted molar refractivity (Wildman–Crippen MR) is 74.8 cm³/mol. The van der Waals surface area contributed by atoms with Crippen molar-refractivity contribution in [2.45, 2.75) is 18.9 Å². The molecule has 0 amide bonds. The Balaban J connectivity index is 2.12. The molecule has 1 unspecified atom stereocenters. The molecule has 0 spiro atoms. The second-order valence-electron chi connectivity index (χ2n) is 4.68. The van der Waals surface area contributed by atoms with Gasteiger partial charge in [-0.1, -0.05) is 11.6 Å². The smallest absolute Gasteiger partial charge is 0.326 e. The normalized spacial score (nSPS) is 19.0. The van der Waals surface area contributed by atoms with Gasteiger partial charge < -0.3 is 10.0 Å². The van der Waals surface area contributed by atoms with Crippen molar-refractivity contribution in [2.75, 3.05) is 11.4 Å². The largest absolute Gasteiger partial charge is 0.480 e. The number of aromatic nitrogens is 1. The van der Waals surface area contributed by atoms with Crippen LogP contribution in [0, 0.1) is 0 Å². The van der Waals surface area contributed by atoms with Gasteiger partial charge in [-0.3, -0.25) is 4.98 Å². The Bertz CT molecular complexity index is 644. The zero-order valence-electron chi connectivity index (χ0n) is 10.2. The average Bonchev–Trinajstić information content (AvgIpc) is 2.86. The van der Waals surface area contributed by atoms with E-state index in [-0.39, 0.29) is 0 Å². The van der Waals surface area contributed by atoms with Gasteiger partial charge in [0.25, 0.3) is 0 Å². The molecule has 0 radical (unpaired) electrons. The Morgan fingerprint density at radius 2 is 2.26 bits per heavy atom. The SMILES string of the molecule is O=C(O)C1CCCN1c1ccnc2cc(Cl)ccc12. The quantitative estimate of drug-likeness (QED) is 0.916. The van der Waals surface area contributed by atoms with Gasteiger partial charge in [0.15, 0.2) is 0 Å². The van der Waals surface area contributed by atoms with Crippen molar-refractivity contribution >= 4 is 34.2 Å². The van der Waals surface area contributed by atoms with Gasteiger partial charge in [-0.15, -0.1) is 0 Å². The van der Waals surface area contributed by atoms with Crippen molar-refractivity contribution in [3.63, 3.8) is 0 Å². The lowest BCUT2D eigenvalue weighted by Crippen LogP contribution is -2.36. The number of halogens is 1. The highest BCUT2D eigenvalue weighted by Crippen LogP contribution is 2.32. The molecule has 0 aliphatic carbocycles. The van der Waals surface area contributed by atoms with E-state index in [0.717, 1.165) is 29.6 Å². The molecule has 3 rings (SSSR count). The summed E-state index contributed by atoms with van der Waals surface area (Å²) in [5.41, 5.74) is 1.72. The fourth-order valence-corrected chi connectivity index (χ4v) is 2.83. The van der Waals surface area contributed by atoms with E-state index in [1.807, 2.05) is 17.0 Å². The highest BCUT2D eigenvalue weighted by atomic mass is 35.5. The Morgan fingerprint density at radius 1 is 1.42 bits per heavy atom. The van der Waals surface area contributed by atoms with Crippen molar-refractivity contribution in [1.82, 2.24) is 4.98 Å². The highest BCUT2D eigenvalue weighted by molar-refractivity contribution is 6.31. The van der Waals surface area contributed by atoms with Crippen molar-refractivity contribution in [1.29, 1.82) is 0 Å². The first kappa shape index (κ1) is 12.2. The van der Waals surface area contributed by atoms with Crippen LogP contribution in [0.25, 0.3) is 10.9 Å². The van der Waals surface area contributed by atoms with Crippen LogP contribution in [0.3, 0.4) is 0 Å². The average molecular weight is 277 g/mol. The number of pyridine rings is 1. The molecule has 1 saturated heterocycles. The number of fused-ring (bicyclic) bond motifs is 1. The summed E-state index contributed by atoms with van der Waals surface area (Å²) in [5.74, 6) is -0.767. The molecule has 0 saturated carbocycles. The summed E-state index contributed by atoms with van der Waals surface area (Å²) in [5, 5.41) is 10.9. The van der Waals surface area contributed by atoms with Gasteiger partial charge in [0.2, 0.25) is 0 Å². The van der Waals surface area contributed by atoms with Gasteiger partial charge in [0, 0.05) is 28.8 Å². The third kappa shape index (κ3) is 2.12. The minimum atomic E-state index is -0.767. The van der Waals surface area contributed by atoms with Crippen LogP contribution in [0.5, 0.6) is 0 Å².